The fraction of sp³-hybridized carbons (Fsp3) is 0.875. The molecule has 0 spiro atoms. The molecule has 11 heteroatoms. The van der Waals surface area contributed by atoms with Gasteiger partial charge in [0.25, 0.3) is 0 Å². The summed E-state index contributed by atoms with van der Waals surface area (Å²) in [6.07, 6.45) is 14.8. The molecule has 0 saturated heterocycles. The first-order valence-electron chi connectivity index (χ1n) is 19.9. The molecule has 3 saturated carbocycles. The molecule has 8 unspecified atom stereocenters. The summed E-state index contributed by atoms with van der Waals surface area (Å²) in [6.45, 7) is 14.8. The van der Waals surface area contributed by atoms with Crippen LogP contribution in [-0.4, -0.2) is 90.6 Å². The summed E-state index contributed by atoms with van der Waals surface area (Å²) >= 11 is 0. The molecule has 3 fully saturated rings. The van der Waals surface area contributed by atoms with Gasteiger partial charge >= 0.3 is 12.2 Å². The average Bonchev–Trinajstić information content (AvgIpc) is 3.46. The van der Waals surface area contributed by atoms with Crippen LogP contribution in [0.1, 0.15) is 105 Å². The maximum Gasteiger partial charge on any atom is 0.407 e. The summed E-state index contributed by atoms with van der Waals surface area (Å²) < 4.78 is 26.3. The molecule has 51 heavy (non-hydrogen) atoms. The van der Waals surface area contributed by atoms with Crippen molar-refractivity contribution < 1.29 is 38.1 Å². The van der Waals surface area contributed by atoms with Crippen molar-refractivity contribution in [3.8, 4) is 0 Å². The van der Waals surface area contributed by atoms with Gasteiger partial charge in [-0.3, -0.25) is 4.79 Å². The third kappa shape index (κ3) is 11.6. The van der Waals surface area contributed by atoms with Crippen LogP contribution in [0.4, 0.5) is 9.59 Å². The molecule has 0 heterocycles. The number of carbonyl (C=O) groups is 3. The lowest BCUT2D eigenvalue weighted by atomic mass is 9.47. The number of carbonyl (C=O) groups excluding carboxylic acids is 3. The van der Waals surface area contributed by atoms with E-state index < -0.39 is 12.2 Å². The van der Waals surface area contributed by atoms with Crippen LogP contribution in [0, 0.1) is 46.3 Å². The molecule has 0 aliphatic heterocycles. The molecular weight excluding hydrogens is 650 g/mol. The van der Waals surface area contributed by atoms with Gasteiger partial charge in [0.1, 0.15) is 12.7 Å². The Morgan fingerprint density at radius 1 is 0.824 bits per heavy atom. The Labute approximate surface area is 307 Å². The Bertz CT molecular complexity index is 1150. The van der Waals surface area contributed by atoms with Gasteiger partial charge in [0.2, 0.25) is 5.91 Å². The Morgan fingerprint density at radius 2 is 1.55 bits per heavy atom. The summed E-state index contributed by atoms with van der Waals surface area (Å²) in [4.78, 5) is 36.5. The summed E-state index contributed by atoms with van der Waals surface area (Å²) in [6, 6.07) is 0. The van der Waals surface area contributed by atoms with E-state index in [4.69, 9.17) is 23.7 Å². The van der Waals surface area contributed by atoms with Gasteiger partial charge in [0.15, 0.2) is 0 Å². The highest BCUT2D eigenvalue weighted by atomic mass is 16.6. The number of fused-ring (bicyclic) bond motifs is 5. The van der Waals surface area contributed by atoms with Crippen molar-refractivity contribution in [2.75, 3.05) is 66.4 Å². The van der Waals surface area contributed by atoms with Gasteiger partial charge in [-0.05, 0) is 91.3 Å². The molecule has 0 aromatic rings. The van der Waals surface area contributed by atoms with Crippen molar-refractivity contribution in [1.29, 1.82) is 0 Å². The molecule has 0 radical (unpaired) electrons. The molecule has 4 rings (SSSR count). The van der Waals surface area contributed by atoms with E-state index in [9.17, 15) is 14.4 Å². The Balaban J connectivity index is 1.10. The van der Waals surface area contributed by atoms with Gasteiger partial charge in [-0.1, -0.05) is 65.5 Å². The number of hydrogen-bond acceptors (Lipinski definition) is 8. The van der Waals surface area contributed by atoms with Crippen LogP contribution in [0.5, 0.6) is 0 Å². The zero-order valence-corrected chi connectivity index (χ0v) is 32.5. The van der Waals surface area contributed by atoms with Gasteiger partial charge in [0.05, 0.1) is 39.6 Å². The minimum atomic E-state index is -0.703. The Hall–Kier alpha value is -2.37. The van der Waals surface area contributed by atoms with Gasteiger partial charge in [-0.15, -0.1) is 0 Å². The van der Waals surface area contributed by atoms with E-state index in [1.807, 2.05) is 0 Å². The average molecular weight is 720 g/mol. The largest absolute Gasteiger partial charge is 0.447 e. The molecule has 8 atom stereocenters. The number of methoxy groups -OCH3 is 1. The number of amides is 3. The van der Waals surface area contributed by atoms with Gasteiger partial charge in [-0.25, -0.2) is 9.59 Å². The van der Waals surface area contributed by atoms with Crippen LogP contribution >= 0.6 is 0 Å². The van der Waals surface area contributed by atoms with Crippen LogP contribution in [0.15, 0.2) is 11.6 Å². The van der Waals surface area contributed by atoms with E-state index in [-0.39, 0.29) is 50.3 Å². The van der Waals surface area contributed by atoms with Crippen LogP contribution in [0.3, 0.4) is 0 Å². The normalized spacial score (nSPS) is 30.3. The van der Waals surface area contributed by atoms with E-state index in [0.717, 1.165) is 54.8 Å². The molecule has 292 valence electrons. The second-order valence-electron chi connectivity index (χ2n) is 16.5. The summed E-state index contributed by atoms with van der Waals surface area (Å²) in [5, 5.41) is 7.83. The second kappa shape index (κ2) is 20.2. The highest BCUT2D eigenvalue weighted by Crippen LogP contribution is 2.67. The zero-order valence-electron chi connectivity index (χ0n) is 32.5. The van der Waals surface area contributed by atoms with E-state index >= 15 is 0 Å². The topological polar surface area (TPSA) is 133 Å². The Morgan fingerprint density at radius 3 is 2.29 bits per heavy atom. The minimum absolute atomic E-state index is 0.0643. The summed E-state index contributed by atoms with van der Waals surface area (Å²) in [5.74, 6) is 4.45. The van der Waals surface area contributed by atoms with Crippen molar-refractivity contribution in [3.63, 3.8) is 0 Å². The van der Waals surface area contributed by atoms with Crippen LogP contribution < -0.4 is 16.0 Å². The van der Waals surface area contributed by atoms with Gasteiger partial charge in [0, 0.05) is 26.6 Å². The van der Waals surface area contributed by atoms with Crippen LogP contribution in [-0.2, 0) is 28.5 Å². The lowest BCUT2D eigenvalue weighted by Gasteiger charge is -2.58. The maximum atomic E-state index is 12.6. The predicted octanol–water partition coefficient (Wildman–Crippen LogP) is 6.64. The first-order valence-corrected chi connectivity index (χ1v) is 19.9. The number of alkyl carbamates (subject to hydrolysis) is 2. The van der Waals surface area contributed by atoms with Crippen molar-refractivity contribution in [1.82, 2.24) is 16.0 Å². The fourth-order valence-corrected chi connectivity index (χ4v) is 10.2. The second-order valence-corrected chi connectivity index (χ2v) is 16.5. The smallest absolute Gasteiger partial charge is 0.407 e. The third-order valence-electron chi connectivity index (χ3n) is 12.9. The number of rotatable bonds is 20. The first-order chi connectivity index (χ1) is 24.5. The lowest BCUT2D eigenvalue weighted by molar-refractivity contribution is -0.120. The van der Waals surface area contributed by atoms with E-state index in [0.29, 0.717) is 31.8 Å². The quantitative estimate of drug-likeness (QED) is 0.0942. The summed E-state index contributed by atoms with van der Waals surface area (Å²) in [5.41, 5.74) is 2.19. The van der Waals surface area contributed by atoms with Gasteiger partial charge in [-0.2, -0.15) is 0 Å². The molecular formula is C40H69N3O8. The Kier molecular flexibility index (Phi) is 16.4. The maximum absolute atomic E-state index is 12.6. The standard InChI is InChI=1S/C40H69N3O8/c1-28(2)8-7-9-29(3)33-12-13-34-32-11-10-30-26-31(14-16-39(30,4)35(32)15-17-40(33,34)5)51-38(46)42-19-18-41-36(44)27-43-37(45)50-25-24-49-23-22-48-21-20-47-6/h10,28-29,31-35H,7-9,11-27H2,1-6H3,(H,41,44)(H,42,46)(H,43,45). The molecule has 3 amide bonds. The lowest BCUT2D eigenvalue weighted by Crippen LogP contribution is -2.51. The predicted molar refractivity (Wildman–Crippen MR) is 197 cm³/mol. The van der Waals surface area contributed by atoms with E-state index in [2.05, 4.69) is 56.6 Å². The van der Waals surface area contributed by atoms with Gasteiger partial charge < -0.3 is 39.6 Å². The monoisotopic (exact) mass is 720 g/mol. The van der Waals surface area contributed by atoms with E-state index in [1.165, 1.54) is 56.9 Å². The van der Waals surface area contributed by atoms with Crippen molar-refractivity contribution in [2.24, 2.45) is 46.3 Å². The fourth-order valence-electron chi connectivity index (χ4n) is 10.2. The van der Waals surface area contributed by atoms with Crippen LogP contribution in [0.25, 0.3) is 0 Å². The first kappa shape index (κ1) is 41.4. The van der Waals surface area contributed by atoms with Crippen molar-refractivity contribution in [3.05, 3.63) is 11.6 Å². The molecule has 4 aliphatic carbocycles. The molecule has 0 bridgehead atoms. The minimum Gasteiger partial charge on any atom is -0.447 e. The van der Waals surface area contributed by atoms with Crippen LogP contribution in [0.2, 0.25) is 0 Å². The van der Waals surface area contributed by atoms with E-state index in [1.54, 1.807) is 7.11 Å². The number of allylic oxidation sites excluding steroid dienone is 1. The highest BCUT2D eigenvalue weighted by molar-refractivity contribution is 5.82. The molecule has 3 N–H and O–H groups in total. The third-order valence-corrected chi connectivity index (χ3v) is 12.9. The SMILES string of the molecule is COCCOCCOCCOC(=O)NCC(=O)NCCNC(=O)OC1CCC2(C)C(=CCC3C2CCC2(C)C(C(C)CCCC(C)C)CCC32)C1. The highest BCUT2D eigenvalue weighted by Gasteiger charge is 2.59. The number of ether oxygens (including phenoxy) is 5. The molecule has 0 aromatic heterocycles. The number of nitrogens with one attached hydrogen (secondary N) is 3. The molecule has 0 aromatic carbocycles. The summed E-state index contributed by atoms with van der Waals surface area (Å²) in [7, 11) is 1.61. The van der Waals surface area contributed by atoms with Crippen molar-refractivity contribution in [2.45, 2.75) is 111 Å². The number of hydrogen-bond donors (Lipinski definition) is 3. The molecule has 4 aliphatic rings. The zero-order chi connectivity index (χ0) is 36.9. The molecule has 11 nitrogen and oxygen atoms in total. The van der Waals surface area contributed by atoms with Crippen molar-refractivity contribution >= 4 is 18.1 Å².